The number of nitrogens with zero attached hydrogens (tertiary/aromatic N) is 1. The Morgan fingerprint density at radius 1 is 1.33 bits per heavy atom. The Labute approximate surface area is 140 Å². The second kappa shape index (κ2) is 7.98. The molecule has 9 heteroatoms. The Morgan fingerprint density at radius 3 is 2.42 bits per heavy atom. The third kappa shape index (κ3) is 6.05. The first-order chi connectivity index (χ1) is 11.0. The standard InChI is InChI=1S/C15H24N2O7/c1-15(2,3)24-14(23)16-6-4-5-10(13(21)22)17-8-9(12(19)20)7-11(17)18/h9-10H,4-8H2,1-3H3,(H,16,23)(H,19,20)(H,21,22)/t9?,10-/m0/s1. The van der Waals surface area contributed by atoms with Gasteiger partial charge in [-0.25, -0.2) is 9.59 Å². The number of carbonyl (C=O) groups is 4. The minimum Gasteiger partial charge on any atom is -0.481 e. The molecule has 0 aromatic rings. The monoisotopic (exact) mass is 344 g/mol. The van der Waals surface area contributed by atoms with Crippen LogP contribution in [0.15, 0.2) is 0 Å². The minimum absolute atomic E-state index is 0.107. The predicted octanol–water partition coefficient (Wildman–Crippen LogP) is 0.678. The number of ether oxygens (including phenoxy) is 1. The summed E-state index contributed by atoms with van der Waals surface area (Å²) in [5.41, 5.74) is -0.624. The third-order valence-electron chi connectivity index (χ3n) is 3.49. The zero-order valence-electron chi connectivity index (χ0n) is 14.1. The molecule has 0 aromatic heterocycles. The average Bonchev–Trinajstić information content (AvgIpc) is 2.78. The second-order valence-corrected chi connectivity index (χ2v) is 6.71. The van der Waals surface area contributed by atoms with Crippen LogP contribution >= 0.6 is 0 Å². The van der Waals surface area contributed by atoms with E-state index in [9.17, 15) is 24.3 Å². The van der Waals surface area contributed by atoms with Gasteiger partial charge in [-0.2, -0.15) is 0 Å². The van der Waals surface area contributed by atoms with Gasteiger partial charge in [0.1, 0.15) is 11.6 Å². The normalized spacial score (nSPS) is 19.0. The van der Waals surface area contributed by atoms with E-state index in [1.54, 1.807) is 20.8 Å². The van der Waals surface area contributed by atoms with Gasteiger partial charge in [0.25, 0.3) is 0 Å². The molecule has 1 aliphatic rings. The highest BCUT2D eigenvalue weighted by atomic mass is 16.6. The summed E-state index contributed by atoms with van der Waals surface area (Å²) in [6.45, 7) is 5.27. The van der Waals surface area contributed by atoms with Crippen LogP contribution in [0.5, 0.6) is 0 Å². The summed E-state index contributed by atoms with van der Waals surface area (Å²) in [6, 6.07) is -1.10. The van der Waals surface area contributed by atoms with Crippen molar-refractivity contribution in [1.29, 1.82) is 0 Å². The smallest absolute Gasteiger partial charge is 0.407 e. The van der Waals surface area contributed by atoms with E-state index in [2.05, 4.69) is 5.32 Å². The first-order valence-corrected chi connectivity index (χ1v) is 7.73. The topological polar surface area (TPSA) is 133 Å². The van der Waals surface area contributed by atoms with Crippen LogP contribution < -0.4 is 5.32 Å². The van der Waals surface area contributed by atoms with E-state index in [0.29, 0.717) is 6.42 Å². The minimum atomic E-state index is -1.19. The summed E-state index contributed by atoms with van der Waals surface area (Å²) in [4.78, 5) is 46.7. The first-order valence-electron chi connectivity index (χ1n) is 7.73. The number of likely N-dealkylation sites (tertiary alicyclic amines) is 1. The fraction of sp³-hybridized carbons (Fsp3) is 0.733. The highest BCUT2D eigenvalue weighted by Crippen LogP contribution is 2.22. The van der Waals surface area contributed by atoms with Crippen LogP contribution in [0.25, 0.3) is 0 Å². The van der Waals surface area contributed by atoms with Gasteiger partial charge in [0.15, 0.2) is 0 Å². The van der Waals surface area contributed by atoms with Gasteiger partial charge in [0.2, 0.25) is 5.91 Å². The molecule has 0 spiro atoms. The molecule has 0 radical (unpaired) electrons. The van der Waals surface area contributed by atoms with Crippen LogP contribution in [0.4, 0.5) is 4.79 Å². The zero-order valence-corrected chi connectivity index (χ0v) is 14.1. The summed E-state index contributed by atoms with van der Waals surface area (Å²) in [5, 5.41) is 20.7. The molecular weight excluding hydrogens is 320 g/mol. The number of alkyl carbamates (subject to hydrolysis) is 1. The SMILES string of the molecule is CC(C)(C)OC(=O)NCCC[C@@H](C(=O)O)N1CC(C(=O)O)CC1=O. The Bertz CT molecular complexity index is 512. The van der Waals surface area contributed by atoms with Crippen LogP contribution in [-0.2, 0) is 19.1 Å². The summed E-state index contributed by atoms with van der Waals surface area (Å²) in [6.07, 6.45) is -0.353. The van der Waals surface area contributed by atoms with E-state index in [0.717, 1.165) is 4.90 Å². The number of hydrogen-bond donors (Lipinski definition) is 3. The molecule has 0 saturated carbocycles. The predicted molar refractivity (Wildman–Crippen MR) is 82.4 cm³/mol. The van der Waals surface area contributed by atoms with Gasteiger partial charge >= 0.3 is 18.0 Å². The molecular formula is C15H24N2O7. The Kier molecular flexibility index (Phi) is 6.56. The highest BCUT2D eigenvalue weighted by molar-refractivity contribution is 5.89. The van der Waals surface area contributed by atoms with Gasteiger partial charge < -0.3 is 25.2 Å². The van der Waals surface area contributed by atoms with Crippen molar-refractivity contribution in [2.75, 3.05) is 13.1 Å². The van der Waals surface area contributed by atoms with Crippen molar-refractivity contribution in [1.82, 2.24) is 10.2 Å². The van der Waals surface area contributed by atoms with Crippen molar-refractivity contribution >= 4 is 23.9 Å². The van der Waals surface area contributed by atoms with Gasteiger partial charge in [-0.3, -0.25) is 9.59 Å². The van der Waals surface area contributed by atoms with Crippen molar-refractivity contribution in [2.45, 2.75) is 51.7 Å². The van der Waals surface area contributed by atoms with E-state index in [4.69, 9.17) is 9.84 Å². The number of carbonyl (C=O) groups excluding carboxylic acids is 2. The lowest BCUT2D eigenvalue weighted by atomic mass is 10.1. The largest absolute Gasteiger partial charge is 0.481 e. The van der Waals surface area contributed by atoms with Gasteiger partial charge in [0, 0.05) is 19.5 Å². The fourth-order valence-corrected chi connectivity index (χ4v) is 2.41. The molecule has 1 saturated heterocycles. The molecule has 0 aliphatic carbocycles. The van der Waals surface area contributed by atoms with Gasteiger partial charge in [-0.1, -0.05) is 0 Å². The number of amides is 2. The molecule has 1 heterocycles. The Balaban J connectivity index is 2.48. The summed E-state index contributed by atoms with van der Waals surface area (Å²) < 4.78 is 5.05. The fourth-order valence-electron chi connectivity index (χ4n) is 2.41. The van der Waals surface area contributed by atoms with Crippen molar-refractivity contribution in [2.24, 2.45) is 5.92 Å². The molecule has 9 nitrogen and oxygen atoms in total. The number of aliphatic carboxylic acids is 2. The summed E-state index contributed by atoms with van der Waals surface area (Å²) >= 11 is 0. The first kappa shape index (κ1) is 19.7. The summed E-state index contributed by atoms with van der Waals surface area (Å²) in [5.74, 6) is -3.65. The lowest BCUT2D eigenvalue weighted by Crippen LogP contribution is -2.43. The third-order valence-corrected chi connectivity index (χ3v) is 3.49. The quantitative estimate of drug-likeness (QED) is 0.578. The van der Waals surface area contributed by atoms with Crippen LogP contribution in [-0.4, -0.2) is 63.8 Å². The number of carboxylic acids is 2. The molecule has 24 heavy (non-hydrogen) atoms. The van der Waals surface area contributed by atoms with Crippen molar-refractivity contribution in [3.8, 4) is 0 Å². The van der Waals surface area contributed by atoms with Crippen LogP contribution in [0.1, 0.15) is 40.0 Å². The molecule has 136 valence electrons. The maximum absolute atomic E-state index is 11.8. The average molecular weight is 344 g/mol. The summed E-state index contributed by atoms with van der Waals surface area (Å²) in [7, 11) is 0. The van der Waals surface area contributed by atoms with E-state index in [-0.39, 0.29) is 25.9 Å². The van der Waals surface area contributed by atoms with Crippen LogP contribution in [0.2, 0.25) is 0 Å². The molecule has 1 unspecified atom stereocenters. The Morgan fingerprint density at radius 2 is 1.96 bits per heavy atom. The van der Waals surface area contributed by atoms with Crippen molar-refractivity contribution < 1.29 is 34.1 Å². The van der Waals surface area contributed by atoms with Crippen molar-refractivity contribution in [3.05, 3.63) is 0 Å². The van der Waals surface area contributed by atoms with E-state index in [1.807, 2.05) is 0 Å². The second-order valence-electron chi connectivity index (χ2n) is 6.71. The lowest BCUT2D eigenvalue weighted by Gasteiger charge is -2.24. The number of rotatable bonds is 7. The van der Waals surface area contributed by atoms with Crippen molar-refractivity contribution in [3.63, 3.8) is 0 Å². The van der Waals surface area contributed by atoms with Gasteiger partial charge in [-0.05, 0) is 33.6 Å². The highest BCUT2D eigenvalue weighted by Gasteiger charge is 2.40. The van der Waals surface area contributed by atoms with Crippen LogP contribution in [0, 0.1) is 5.92 Å². The molecule has 2 amide bonds. The maximum atomic E-state index is 11.8. The number of carboxylic acid groups (broad SMARTS) is 2. The van der Waals surface area contributed by atoms with Gasteiger partial charge in [0.05, 0.1) is 5.92 Å². The zero-order chi connectivity index (χ0) is 18.5. The molecule has 0 aromatic carbocycles. The van der Waals surface area contributed by atoms with Crippen LogP contribution in [0.3, 0.4) is 0 Å². The maximum Gasteiger partial charge on any atom is 0.407 e. The molecule has 1 aliphatic heterocycles. The number of hydrogen-bond acceptors (Lipinski definition) is 5. The van der Waals surface area contributed by atoms with E-state index < -0.39 is 41.5 Å². The lowest BCUT2D eigenvalue weighted by molar-refractivity contribution is -0.148. The molecule has 3 N–H and O–H groups in total. The van der Waals surface area contributed by atoms with E-state index >= 15 is 0 Å². The molecule has 0 bridgehead atoms. The number of nitrogens with one attached hydrogen (secondary N) is 1. The molecule has 1 fully saturated rings. The molecule has 2 atom stereocenters. The van der Waals surface area contributed by atoms with Gasteiger partial charge in [-0.15, -0.1) is 0 Å². The molecule has 1 rings (SSSR count). The Hall–Kier alpha value is -2.32. The van der Waals surface area contributed by atoms with E-state index in [1.165, 1.54) is 0 Å².